The molecule has 7 nitrogen and oxygen atoms in total. The Balaban J connectivity index is 1.99. The first-order valence-corrected chi connectivity index (χ1v) is 5.92. The SMILES string of the molecule is O=c1ccc(-c2cn3c(COC(F)F)nnc3cn2)c[nH]1. The van der Waals surface area contributed by atoms with Crippen molar-refractivity contribution in [2.45, 2.75) is 13.2 Å². The van der Waals surface area contributed by atoms with Crippen LogP contribution < -0.4 is 5.56 Å². The van der Waals surface area contributed by atoms with E-state index in [2.05, 4.69) is 24.9 Å². The van der Waals surface area contributed by atoms with Crippen LogP contribution in [0.4, 0.5) is 8.78 Å². The van der Waals surface area contributed by atoms with Crippen LogP contribution in [-0.4, -0.2) is 31.2 Å². The van der Waals surface area contributed by atoms with E-state index in [1.807, 2.05) is 0 Å². The zero-order valence-electron chi connectivity index (χ0n) is 10.5. The van der Waals surface area contributed by atoms with Crippen molar-refractivity contribution in [3.8, 4) is 11.3 Å². The molecule has 3 aromatic rings. The van der Waals surface area contributed by atoms with Gasteiger partial charge in [-0.3, -0.25) is 14.2 Å². The lowest BCUT2D eigenvalue weighted by Crippen LogP contribution is -2.04. The Kier molecular flexibility index (Phi) is 3.40. The van der Waals surface area contributed by atoms with Crippen LogP contribution in [0.5, 0.6) is 0 Å². The standard InChI is InChI=1S/C12H9F2N5O2/c13-12(14)21-6-10-18-17-9-4-15-8(5-19(9)10)7-1-2-11(20)16-3-7/h1-5,12H,6H2,(H,16,20). The second kappa shape index (κ2) is 5.37. The number of nitrogens with one attached hydrogen (secondary N) is 1. The fourth-order valence-electron chi connectivity index (χ4n) is 1.80. The average Bonchev–Trinajstić information content (AvgIpc) is 2.88. The number of aromatic amines is 1. The molecule has 0 fully saturated rings. The monoisotopic (exact) mass is 293 g/mol. The predicted molar refractivity (Wildman–Crippen MR) is 67.6 cm³/mol. The van der Waals surface area contributed by atoms with Gasteiger partial charge in [-0.25, -0.2) is 0 Å². The van der Waals surface area contributed by atoms with Gasteiger partial charge in [0.05, 0.1) is 11.9 Å². The van der Waals surface area contributed by atoms with Crippen molar-refractivity contribution >= 4 is 5.65 Å². The highest BCUT2D eigenvalue weighted by Gasteiger charge is 2.11. The summed E-state index contributed by atoms with van der Waals surface area (Å²) in [6.45, 7) is -3.24. The van der Waals surface area contributed by atoms with Gasteiger partial charge in [-0.1, -0.05) is 0 Å². The minimum absolute atomic E-state index is 0.227. The fourth-order valence-corrected chi connectivity index (χ4v) is 1.80. The van der Waals surface area contributed by atoms with Gasteiger partial charge in [-0.15, -0.1) is 10.2 Å². The first-order valence-electron chi connectivity index (χ1n) is 5.92. The van der Waals surface area contributed by atoms with E-state index in [-0.39, 0.29) is 18.0 Å². The molecule has 3 heterocycles. The molecule has 0 aliphatic carbocycles. The summed E-state index contributed by atoms with van der Waals surface area (Å²) in [5.41, 5.74) is 1.40. The number of ether oxygens (including phenoxy) is 1. The summed E-state index contributed by atoms with van der Waals surface area (Å²) in [5.74, 6) is 0.235. The fraction of sp³-hybridized carbons (Fsp3) is 0.167. The zero-order chi connectivity index (χ0) is 14.8. The number of pyridine rings is 1. The molecule has 0 saturated carbocycles. The number of halogens is 2. The number of nitrogens with zero attached hydrogens (tertiary/aromatic N) is 4. The molecule has 3 rings (SSSR count). The van der Waals surface area contributed by atoms with Gasteiger partial charge in [0, 0.05) is 24.0 Å². The van der Waals surface area contributed by atoms with Crippen LogP contribution in [0.25, 0.3) is 16.9 Å². The lowest BCUT2D eigenvalue weighted by Gasteiger charge is -2.04. The van der Waals surface area contributed by atoms with E-state index in [4.69, 9.17) is 0 Å². The van der Waals surface area contributed by atoms with Gasteiger partial charge in [0.15, 0.2) is 11.5 Å². The number of hydrogen-bond donors (Lipinski definition) is 1. The summed E-state index contributed by atoms with van der Waals surface area (Å²) >= 11 is 0. The van der Waals surface area contributed by atoms with Crippen molar-refractivity contribution in [3.05, 3.63) is 46.9 Å². The van der Waals surface area contributed by atoms with E-state index in [9.17, 15) is 13.6 Å². The molecule has 108 valence electrons. The molecule has 9 heteroatoms. The number of H-pyrrole nitrogens is 1. The van der Waals surface area contributed by atoms with Crippen LogP contribution in [0.3, 0.4) is 0 Å². The van der Waals surface area contributed by atoms with Crippen LogP contribution in [0, 0.1) is 0 Å². The molecular weight excluding hydrogens is 284 g/mol. The smallest absolute Gasteiger partial charge is 0.328 e. The van der Waals surface area contributed by atoms with Crippen molar-refractivity contribution in [2.75, 3.05) is 0 Å². The second-order valence-corrected chi connectivity index (χ2v) is 4.13. The van der Waals surface area contributed by atoms with Crippen molar-refractivity contribution in [1.82, 2.24) is 24.6 Å². The van der Waals surface area contributed by atoms with Gasteiger partial charge in [-0.2, -0.15) is 8.78 Å². The van der Waals surface area contributed by atoms with Gasteiger partial charge in [0.1, 0.15) is 6.61 Å². The minimum atomic E-state index is -2.88. The molecule has 21 heavy (non-hydrogen) atoms. The molecule has 0 unspecified atom stereocenters. The lowest BCUT2D eigenvalue weighted by atomic mass is 10.2. The van der Waals surface area contributed by atoms with E-state index in [0.717, 1.165) is 0 Å². The van der Waals surface area contributed by atoms with Crippen LogP contribution in [-0.2, 0) is 11.3 Å². The van der Waals surface area contributed by atoms with Crippen LogP contribution in [0.15, 0.2) is 35.5 Å². The van der Waals surface area contributed by atoms with Gasteiger partial charge < -0.3 is 9.72 Å². The normalized spacial score (nSPS) is 11.4. The largest absolute Gasteiger partial charge is 0.345 e. The highest BCUT2D eigenvalue weighted by Crippen LogP contribution is 2.16. The molecule has 0 amide bonds. The molecule has 3 aromatic heterocycles. The molecular formula is C12H9F2N5O2. The second-order valence-electron chi connectivity index (χ2n) is 4.13. The summed E-state index contributed by atoms with van der Waals surface area (Å²) < 4.78 is 29.9. The Labute approximate surface area is 116 Å². The summed E-state index contributed by atoms with van der Waals surface area (Å²) in [6.07, 6.45) is 4.56. The summed E-state index contributed by atoms with van der Waals surface area (Å²) in [4.78, 5) is 17.8. The molecule has 0 atom stereocenters. The van der Waals surface area contributed by atoms with Crippen LogP contribution in [0.2, 0.25) is 0 Å². The molecule has 0 bridgehead atoms. The Morgan fingerprint density at radius 2 is 2.19 bits per heavy atom. The molecule has 0 radical (unpaired) electrons. The Morgan fingerprint density at radius 3 is 2.90 bits per heavy atom. The summed E-state index contributed by atoms with van der Waals surface area (Å²) in [7, 11) is 0. The van der Waals surface area contributed by atoms with E-state index >= 15 is 0 Å². The number of fused-ring (bicyclic) bond motifs is 1. The maximum absolute atomic E-state index is 12.1. The molecule has 0 aromatic carbocycles. The Morgan fingerprint density at radius 1 is 1.33 bits per heavy atom. The van der Waals surface area contributed by atoms with Crippen molar-refractivity contribution < 1.29 is 13.5 Å². The minimum Gasteiger partial charge on any atom is -0.328 e. The maximum atomic E-state index is 12.1. The first-order chi connectivity index (χ1) is 10.1. The quantitative estimate of drug-likeness (QED) is 0.781. The van der Waals surface area contributed by atoms with E-state index in [1.54, 1.807) is 12.3 Å². The average molecular weight is 293 g/mol. The highest BCUT2D eigenvalue weighted by atomic mass is 19.3. The highest BCUT2D eigenvalue weighted by molar-refractivity contribution is 5.58. The number of rotatable bonds is 4. The maximum Gasteiger partial charge on any atom is 0.345 e. The molecule has 0 aliphatic heterocycles. The summed E-state index contributed by atoms with van der Waals surface area (Å²) in [5, 5.41) is 7.59. The van der Waals surface area contributed by atoms with E-state index in [0.29, 0.717) is 16.9 Å². The molecule has 1 N–H and O–H groups in total. The third kappa shape index (κ3) is 2.77. The zero-order valence-corrected chi connectivity index (χ0v) is 10.5. The van der Waals surface area contributed by atoms with Crippen molar-refractivity contribution in [2.24, 2.45) is 0 Å². The number of aromatic nitrogens is 5. The first kappa shape index (κ1) is 13.3. The van der Waals surface area contributed by atoms with Crippen molar-refractivity contribution in [1.29, 1.82) is 0 Å². The Hall–Kier alpha value is -2.68. The Bertz CT molecular complexity index is 809. The van der Waals surface area contributed by atoms with Gasteiger partial charge >= 0.3 is 6.61 Å². The topological polar surface area (TPSA) is 85.2 Å². The van der Waals surface area contributed by atoms with Crippen LogP contribution in [0.1, 0.15) is 5.82 Å². The van der Waals surface area contributed by atoms with Gasteiger partial charge in [0.2, 0.25) is 5.56 Å². The third-order valence-corrected chi connectivity index (χ3v) is 2.78. The molecule has 0 spiro atoms. The van der Waals surface area contributed by atoms with Crippen molar-refractivity contribution in [3.63, 3.8) is 0 Å². The number of alkyl halides is 2. The summed E-state index contributed by atoms with van der Waals surface area (Å²) in [6, 6.07) is 2.97. The number of hydrogen-bond acceptors (Lipinski definition) is 5. The van der Waals surface area contributed by atoms with Crippen LogP contribution >= 0.6 is 0 Å². The van der Waals surface area contributed by atoms with E-state index < -0.39 is 6.61 Å². The van der Waals surface area contributed by atoms with Gasteiger partial charge in [-0.05, 0) is 6.07 Å². The molecule has 0 saturated heterocycles. The molecule has 0 aliphatic rings. The third-order valence-electron chi connectivity index (χ3n) is 2.78. The predicted octanol–water partition coefficient (Wildman–Crippen LogP) is 1.22. The lowest BCUT2D eigenvalue weighted by molar-refractivity contribution is -0.138. The van der Waals surface area contributed by atoms with E-state index in [1.165, 1.54) is 22.9 Å². The van der Waals surface area contributed by atoms with Gasteiger partial charge in [0.25, 0.3) is 0 Å².